The average Bonchev–Trinajstić information content (AvgIpc) is 2.79. The molecule has 0 radical (unpaired) electrons. The van der Waals surface area contributed by atoms with Gasteiger partial charge >= 0.3 is 6.03 Å². The summed E-state index contributed by atoms with van der Waals surface area (Å²) < 4.78 is 0. The number of carbonyl (C=O) groups is 2. The SMILES string of the molecule is C=CCON1C(=O)N2C[C@@H]1c1ccccc1[C@@H]2C(=O)NC. The van der Waals surface area contributed by atoms with Crippen molar-refractivity contribution in [1.29, 1.82) is 0 Å². The van der Waals surface area contributed by atoms with Gasteiger partial charge in [-0.15, -0.1) is 6.58 Å². The van der Waals surface area contributed by atoms with E-state index in [1.165, 1.54) is 5.06 Å². The second-order valence-corrected chi connectivity index (χ2v) is 5.01. The normalized spacial score (nSPS) is 23.0. The summed E-state index contributed by atoms with van der Waals surface area (Å²) in [4.78, 5) is 31.7. The molecule has 1 fully saturated rings. The molecule has 1 N–H and O–H groups in total. The van der Waals surface area contributed by atoms with Crippen molar-refractivity contribution in [2.75, 3.05) is 20.2 Å². The molecular formula is C15H17N3O3. The van der Waals surface area contributed by atoms with Crippen LogP contribution >= 0.6 is 0 Å². The number of rotatable bonds is 4. The lowest BCUT2D eigenvalue weighted by molar-refractivity contribution is -0.125. The molecule has 0 unspecified atom stereocenters. The number of nitrogens with one attached hydrogen (secondary N) is 1. The lowest BCUT2D eigenvalue weighted by Crippen LogP contribution is -2.42. The molecule has 0 aromatic heterocycles. The molecule has 0 aliphatic carbocycles. The molecule has 110 valence electrons. The van der Waals surface area contributed by atoms with Crippen LogP contribution in [-0.2, 0) is 9.63 Å². The van der Waals surface area contributed by atoms with E-state index >= 15 is 0 Å². The number of fused-ring (bicyclic) bond motifs is 4. The van der Waals surface area contributed by atoms with Crippen molar-refractivity contribution in [2.24, 2.45) is 0 Å². The number of nitrogens with zero attached hydrogens (tertiary/aromatic N) is 2. The minimum absolute atomic E-state index is 0.186. The van der Waals surface area contributed by atoms with Gasteiger partial charge in [-0.3, -0.25) is 9.63 Å². The maximum atomic E-state index is 12.5. The van der Waals surface area contributed by atoms with Crippen LogP contribution in [0.1, 0.15) is 23.2 Å². The summed E-state index contributed by atoms with van der Waals surface area (Å²) in [5.41, 5.74) is 1.81. The molecule has 21 heavy (non-hydrogen) atoms. The second-order valence-electron chi connectivity index (χ2n) is 5.01. The van der Waals surface area contributed by atoms with Gasteiger partial charge < -0.3 is 10.2 Å². The third-order valence-corrected chi connectivity index (χ3v) is 3.87. The Labute approximate surface area is 122 Å². The van der Waals surface area contributed by atoms with E-state index in [1.807, 2.05) is 24.3 Å². The highest BCUT2D eigenvalue weighted by molar-refractivity contribution is 5.90. The summed E-state index contributed by atoms with van der Waals surface area (Å²) in [6.45, 7) is 4.29. The first-order chi connectivity index (χ1) is 10.2. The number of hydrogen-bond donors (Lipinski definition) is 1. The van der Waals surface area contributed by atoms with E-state index < -0.39 is 6.04 Å². The highest BCUT2D eigenvalue weighted by Gasteiger charge is 2.50. The lowest BCUT2D eigenvalue weighted by atomic mass is 9.91. The first-order valence-electron chi connectivity index (χ1n) is 6.83. The number of benzene rings is 1. The minimum atomic E-state index is -0.604. The van der Waals surface area contributed by atoms with Crippen LogP contribution in [0.5, 0.6) is 0 Å². The second kappa shape index (κ2) is 5.21. The van der Waals surface area contributed by atoms with Crippen LogP contribution in [0.2, 0.25) is 0 Å². The summed E-state index contributed by atoms with van der Waals surface area (Å²) in [6.07, 6.45) is 1.59. The summed E-state index contributed by atoms with van der Waals surface area (Å²) in [5, 5.41) is 3.98. The topological polar surface area (TPSA) is 61.9 Å². The summed E-state index contributed by atoms with van der Waals surface area (Å²) in [6, 6.07) is 6.53. The van der Waals surface area contributed by atoms with Crippen molar-refractivity contribution in [3.8, 4) is 0 Å². The molecule has 1 saturated heterocycles. The summed E-state index contributed by atoms with van der Waals surface area (Å²) in [5.74, 6) is -0.195. The predicted molar refractivity (Wildman–Crippen MR) is 76.1 cm³/mol. The molecule has 2 heterocycles. The van der Waals surface area contributed by atoms with Crippen LogP contribution in [0.15, 0.2) is 36.9 Å². The van der Waals surface area contributed by atoms with Crippen LogP contribution in [-0.4, -0.2) is 42.1 Å². The maximum absolute atomic E-state index is 12.5. The van der Waals surface area contributed by atoms with Crippen molar-refractivity contribution in [2.45, 2.75) is 12.1 Å². The molecule has 6 heteroatoms. The minimum Gasteiger partial charge on any atom is -0.357 e. The monoisotopic (exact) mass is 287 g/mol. The Morgan fingerprint density at radius 2 is 2.19 bits per heavy atom. The highest BCUT2D eigenvalue weighted by Crippen LogP contribution is 2.43. The van der Waals surface area contributed by atoms with E-state index in [4.69, 9.17) is 4.84 Å². The Balaban J connectivity index is 2.05. The van der Waals surface area contributed by atoms with Gasteiger partial charge in [-0.1, -0.05) is 30.3 Å². The Kier molecular flexibility index (Phi) is 3.39. The average molecular weight is 287 g/mol. The van der Waals surface area contributed by atoms with E-state index in [1.54, 1.807) is 18.0 Å². The van der Waals surface area contributed by atoms with Gasteiger partial charge in [0.25, 0.3) is 0 Å². The van der Waals surface area contributed by atoms with Gasteiger partial charge in [-0.25, -0.2) is 4.79 Å². The largest absolute Gasteiger partial charge is 0.357 e. The molecule has 1 aromatic carbocycles. The van der Waals surface area contributed by atoms with Crippen molar-refractivity contribution in [3.63, 3.8) is 0 Å². The molecule has 0 saturated carbocycles. The van der Waals surface area contributed by atoms with Gasteiger partial charge in [0.05, 0.1) is 13.2 Å². The third kappa shape index (κ3) is 1.99. The number of likely N-dealkylation sites (N-methyl/N-ethyl adjacent to an activating group) is 1. The van der Waals surface area contributed by atoms with Crippen LogP contribution < -0.4 is 5.32 Å². The molecule has 2 atom stereocenters. The number of carbonyl (C=O) groups excluding carboxylic acids is 2. The van der Waals surface area contributed by atoms with Crippen LogP contribution in [0.4, 0.5) is 4.79 Å². The van der Waals surface area contributed by atoms with Crippen molar-refractivity contribution in [1.82, 2.24) is 15.3 Å². The third-order valence-electron chi connectivity index (χ3n) is 3.87. The van der Waals surface area contributed by atoms with E-state index in [0.717, 1.165) is 11.1 Å². The molecule has 6 nitrogen and oxygen atoms in total. The van der Waals surface area contributed by atoms with Gasteiger partial charge in [0.1, 0.15) is 12.1 Å². The van der Waals surface area contributed by atoms with Gasteiger partial charge in [-0.2, -0.15) is 5.06 Å². The number of amides is 3. The molecule has 1 aromatic rings. The summed E-state index contributed by atoms with van der Waals surface area (Å²) >= 11 is 0. The van der Waals surface area contributed by atoms with Crippen LogP contribution in [0.25, 0.3) is 0 Å². The van der Waals surface area contributed by atoms with Gasteiger partial charge in [0, 0.05) is 7.05 Å². The maximum Gasteiger partial charge on any atom is 0.345 e. The highest BCUT2D eigenvalue weighted by atomic mass is 16.7. The lowest BCUT2D eigenvalue weighted by Gasteiger charge is -2.31. The fourth-order valence-electron chi connectivity index (χ4n) is 2.97. The fourth-order valence-corrected chi connectivity index (χ4v) is 2.97. The van der Waals surface area contributed by atoms with E-state index in [-0.39, 0.29) is 24.6 Å². The zero-order valence-corrected chi connectivity index (χ0v) is 11.8. The van der Waals surface area contributed by atoms with Gasteiger partial charge in [-0.05, 0) is 11.1 Å². The Morgan fingerprint density at radius 1 is 1.48 bits per heavy atom. The smallest absolute Gasteiger partial charge is 0.345 e. The first kappa shape index (κ1) is 13.6. The van der Waals surface area contributed by atoms with E-state index in [2.05, 4.69) is 11.9 Å². The van der Waals surface area contributed by atoms with E-state index in [0.29, 0.717) is 6.54 Å². The van der Waals surface area contributed by atoms with Crippen LogP contribution in [0, 0.1) is 0 Å². The number of hydrogen-bond acceptors (Lipinski definition) is 3. The fraction of sp³-hybridized carbons (Fsp3) is 0.333. The number of hydroxylamine groups is 2. The molecular weight excluding hydrogens is 270 g/mol. The van der Waals surface area contributed by atoms with Crippen molar-refractivity contribution < 1.29 is 14.4 Å². The summed E-state index contributed by atoms with van der Waals surface area (Å²) in [7, 11) is 1.57. The predicted octanol–water partition coefficient (Wildman–Crippen LogP) is 1.38. The Bertz CT molecular complexity index is 602. The molecule has 2 aliphatic heterocycles. The number of urea groups is 1. The molecule has 3 amide bonds. The van der Waals surface area contributed by atoms with Gasteiger partial charge in [0.2, 0.25) is 5.91 Å². The molecule has 3 rings (SSSR count). The molecule has 0 spiro atoms. The Morgan fingerprint density at radius 3 is 2.86 bits per heavy atom. The quantitative estimate of drug-likeness (QED) is 0.851. The van der Waals surface area contributed by atoms with Gasteiger partial charge in [0.15, 0.2) is 0 Å². The van der Waals surface area contributed by atoms with E-state index in [9.17, 15) is 9.59 Å². The zero-order chi connectivity index (χ0) is 15.0. The van der Waals surface area contributed by atoms with Crippen LogP contribution in [0.3, 0.4) is 0 Å². The standard InChI is InChI=1S/C15H17N3O3/c1-3-8-21-18-12-9-17(15(18)20)13(14(19)16-2)11-7-5-4-6-10(11)12/h3-7,12-13H,1,8-9H2,2H3,(H,16,19)/t12-,13-/m1/s1. The molecule has 2 bridgehead atoms. The Hall–Kier alpha value is -2.34. The van der Waals surface area contributed by atoms with Crippen molar-refractivity contribution in [3.05, 3.63) is 48.0 Å². The first-order valence-corrected chi connectivity index (χ1v) is 6.83. The molecule has 2 aliphatic rings. The van der Waals surface area contributed by atoms with Crippen molar-refractivity contribution >= 4 is 11.9 Å². The zero-order valence-electron chi connectivity index (χ0n) is 11.8.